The predicted molar refractivity (Wildman–Crippen MR) is 121 cm³/mol. The number of nitrogens with zero attached hydrogens (tertiary/aromatic N) is 2. The van der Waals surface area contributed by atoms with Crippen molar-refractivity contribution >= 4 is 5.91 Å². The molecule has 0 bridgehead atoms. The summed E-state index contributed by atoms with van der Waals surface area (Å²) < 4.78 is 2.20. The molecular formula is C26H25N3O. The SMILES string of the molecule is Cc1ccc(CNC(=O)c2ccc(-c3ncccc3-n3c(C)ccc3C)cc2)cc1. The molecule has 0 saturated carbocycles. The minimum absolute atomic E-state index is 0.0829. The Bertz CT molecular complexity index is 1150. The highest BCUT2D eigenvalue weighted by Gasteiger charge is 2.13. The Morgan fingerprint density at radius 1 is 0.867 bits per heavy atom. The van der Waals surface area contributed by atoms with Crippen LogP contribution < -0.4 is 5.32 Å². The van der Waals surface area contributed by atoms with Gasteiger partial charge in [0.2, 0.25) is 0 Å². The van der Waals surface area contributed by atoms with E-state index in [1.54, 1.807) is 6.20 Å². The molecule has 4 rings (SSSR count). The van der Waals surface area contributed by atoms with Gasteiger partial charge in [0.15, 0.2) is 0 Å². The number of benzene rings is 2. The van der Waals surface area contributed by atoms with Crippen LogP contribution in [0.2, 0.25) is 0 Å². The van der Waals surface area contributed by atoms with Gasteiger partial charge in [-0.2, -0.15) is 0 Å². The normalized spacial score (nSPS) is 10.8. The zero-order chi connectivity index (χ0) is 21.1. The molecule has 1 N–H and O–H groups in total. The van der Waals surface area contributed by atoms with E-state index in [4.69, 9.17) is 0 Å². The van der Waals surface area contributed by atoms with E-state index in [0.717, 1.165) is 33.9 Å². The van der Waals surface area contributed by atoms with Crippen molar-refractivity contribution in [2.75, 3.05) is 0 Å². The molecule has 4 nitrogen and oxygen atoms in total. The van der Waals surface area contributed by atoms with Crippen molar-refractivity contribution in [3.63, 3.8) is 0 Å². The van der Waals surface area contributed by atoms with E-state index in [1.807, 2.05) is 42.5 Å². The van der Waals surface area contributed by atoms with Gasteiger partial charge in [-0.05, 0) is 62.7 Å². The van der Waals surface area contributed by atoms with Gasteiger partial charge < -0.3 is 9.88 Å². The summed E-state index contributed by atoms with van der Waals surface area (Å²) in [6, 6.07) is 24.0. The molecule has 150 valence electrons. The molecule has 30 heavy (non-hydrogen) atoms. The third-order valence-corrected chi connectivity index (χ3v) is 5.29. The molecule has 0 aliphatic heterocycles. The zero-order valence-corrected chi connectivity index (χ0v) is 17.5. The lowest BCUT2D eigenvalue weighted by atomic mass is 10.1. The molecule has 0 aliphatic carbocycles. The second-order valence-electron chi connectivity index (χ2n) is 7.57. The molecule has 0 unspecified atom stereocenters. The van der Waals surface area contributed by atoms with E-state index < -0.39 is 0 Å². The minimum Gasteiger partial charge on any atom is -0.348 e. The third kappa shape index (κ3) is 4.03. The fraction of sp³-hybridized carbons (Fsp3) is 0.154. The average Bonchev–Trinajstić information content (AvgIpc) is 3.11. The lowest BCUT2D eigenvalue weighted by Gasteiger charge is -2.14. The highest BCUT2D eigenvalue weighted by molar-refractivity contribution is 5.94. The van der Waals surface area contributed by atoms with Crippen LogP contribution in [-0.4, -0.2) is 15.5 Å². The van der Waals surface area contributed by atoms with E-state index in [0.29, 0.717) is 12.1 Å². The number of carbonyl (C=O) groups excluding carboxylic acids is 1. The van der Waals surface area contributed by atoms with Crippen LogP contribution >= 0.6 is 0 Å². The van der Waals surface area contributed by atoms with Gasteiger partial charge in [-0.1, -0.05) is 42.0 Å². The van der Waals surface area contributed by atoms with E-state index in [-0.39, 0.29) is 5.91 Å². The van der Waals surface area contributed by atoms with Gasteiger partial charge in [-0.25, -0.2) is 0 Å². The van der Waals surface area contributed by atoms with Crippen molar-refractivity contribution in [2.45, 2.75) is 27.3 Å². The van der Waals surface area contributed by atoms with Gasteiger partial charge in [0.25, 0.3) is 5.91 Å². The van der Waals surface area contributed by atoms with Crippen molar-refractivity contribution in [3.05, 3.63) is 107 Å². The quantitative estimate of drug-likeness (QED) is 0.492. The second kappa shape index (κ2) is 8.37. The first kappa shape index (κ1) is 19.6. The van der Waals surface area contributed by atoms with E-state index in [2.05, 4.69) is 66.0 Å². The molecule has 4 heteroatoms. The predicted octanol–water partition coefficient (Wildman–Crippen LogP) is 5.39. The first-order chi connectivity index (χ1) is 14.5. The third-order valence-electron chi connectivity index (χ3n) is 5.29. The summed E-state index contributed by atoms with van der Waals surface area (Å²) in [6.07, 6.45) is 1.80. The van der Waals surface area contributed by atoms with Crippen LogP contribution in [0.15, 0.2) is 79.0 Å². The fourth-order valence-electron chi connectivity index (χ4n) is 3.62. The van der Waals surface area contributed by atoms with Crippen LogP contribution in [0.1, 0.15) is 32.9 Å². The Morgan fingerprint density at radius 3 is 2.20 bits per heavy atom. The summed E-state index contributed by atoms with van der Waals surface area (Å²) in [5.74, 6) is -0.0829. The lowest BCUT2D eigenvalue weighted by Crippen LogP contribution is -2.22. The number of amides is 1. The number of rotatable bonds is 5. The van der Waals surface area contributed by atoms with Crippen molar-refractivity contribution < 1.29 is 4.79 Å². The van der Waals surface area contributed by atoms with E-state index in [1.165, 1.54) is 5.56 Å². The maximum Gasteiger partial charge on any atom is 0.251 e. The summed E-state index contributed by atoms with van der Waals surface area (Å²) in [5, 5.41) is 2.98. The van der Waals surface area contributed by atoms with Gasteiger partial charge in [-0.3, -0.25) is 9.78 Å². The van der Waals surface area contributed by atoms with E-state index >= 15 is 0 Å². The minimum atomic E-state index is -0.0829. The Morgan fingerprint density at radius 2 is 1.53 bits per heavy atom. The summed E-state index contributed by atoms with van der Waals surface area (Å²) in [5.41, 5.74) is 8.16. The van der Waals surface area contributed by atoms with Gasteiger partial charge in [0.05, 0.1) is 11.4 Å². The first-order valence-electron chi connectivity index (χ1n) is 10.1. The zero-order valence-electron chi connectivity index (χ0n) is 17.5. The number of pyridine rings is 1. The molecule has 0 saturated heterocycles. The molecule has 1 amide bonds. The topological polar surface area (TPSA) is 46.9 Å². The fourth-order valence-corrected chi connectivity index (χ4v) is 3.62. The highest BCUT2D eigenvalue weighted by Crippen LogP contribution is 2.27. The molecule has 0 fully saturated rings. The van der Waals surface area contributed by atoms with E-state index in [9.17, 15) is 4.79 Å². The summed E-state index contributed by atoms with van der Waals surface area (Å²) in [4.78, 5) is 17.2. The van der Waals surface area contributed by atoms with Crippen molar-refractivity contribution in [3.8, 4) is 16.9 Å². The van der Waals surface area contributed by atoms with Crippen molar-refractivity contribution in [1.82, 2.24) is 14.9 Å². The van der Waals surface area contributed by atoms with Gasteiger partial charge in [-0.15, -0.1) is 0 Å². The molecule has 0 spiro atoms. The summed E-state index contributed by atoms with van der Waals surface area (Å²) in [6.45, 7) is 6.74. The van der Waals surface area contributed by atoms with Crippen LogP contribution in [0.5, 0.6) is 0 Å². The summed E-state index contributed by atoms with van der Waals surface area (Å²) >= 11 is 0. The standard InChI is InChI=1S/C26H25N3O/c1-18-6-10-21(11-7-18)17-28-26(30)23-14-12-22(13-15-23)25-24(5-4-16-27-25)29-19(2)8-9-20(29)3/h4-16H,17H2,1-3H3,(H,28,30). The second-order valence-corrected chi connectivity index (χ2v) is 7.57. The molecule has 2 aromatic heterocycles. The van der Waals surface area contributed by atoms with Crippen molar-refractivity contribution in [2.24, 2.45) is 0 Å². The Labute approximate surface area is 177 Å². The van der Waals surface area contributed by atoms with Crippen LogP contribution in [0.25, 0.3) is 16.9 Å². The molecule has 0 atom stereocenters. The Balaban J connectivity index is 1.54. The van der Waals surface area contributed by atoms with Crippen molar-refractivity contribution in [1.29, 1.82) is 0 Å². The number of aryl methyl sites for hydroxylation is 3. The maximum atomic E-state index is 12.5. The number of carbonyl (C=O) groups is 1. The summed E-state index contributed by atoms with van der Waals surface area (Å²) in [7, 11) is 0. The number of nitrogens with one attached hydrogen (secondary N) is 1. The number of aromatic nitrogens is 2. The Hall–Kier alpha value is -3.66. The molecule has 0 radical (unpaired) electrons. The van der Waals surface area contributed by atoms with Gasteiger partial charge in [0.1, 0.15) is 0 Å². The number of hydrogen-bond acceptors (Lipinski definition) is 2. The van der Waals surface area contributed by atoms with Crippen LogP contribution in [-0.2, 0) is 6.54 Å². The molecule has 0 aliphatic rings. The molecule has 4 aromatic rings. The van der Waals surface area contributed by atoms with Crippen LogP contribution in [0.3, 0.4) is 0 Å². The molecule has 2 aromatic carbocycles. The monoisotopic (exact) mass is 395 g/mol. The Kier molecular flexibility index (Phi) is 5.48. The molecule has 2 heterocycles. The largest absolute Gasteiger partial charge is 0.348 e. The van der Waals surface area contributed by atoms with Gasteiger partial charge in [0, 0.05) is 35.3 Å². The van der Waals surface area contributed by atoms with Crippen LogP contribution in [0.4, 0.5) is 0 Å². The smallest absolute Gasteiger partial charge is 0.251 e. The maximum absolute atomic E-state index is 12.5. The highest BCUT2D eigenvalue weighted by atomic mass is 16.1. The lowest BCUT2D eigenvalue weighted by molar-refractivity contribution is 0.0951. The van der Waals surface area contributed by atoms with Crippen LogP contribution in [0, 0.1) is 20.8 Å². The first-order valence-corrected chi connectivity index (χ1v) is 10.1. The average molecular weight is 396 g/mol. The molecular weight excluding hydrogens is 370 g/mol. The van der Waals surface area contributed by atoms with Gasteiger partial charge >= 0.3 is 0 Å². The number of hydrogen-bond donors (Lipinski definition) is 1.